The van der Waals surface area contributed by atoms with E-state index in [1.54, 1.807) is 6.92 Å². The van der Waals surface area contributed by atoms with E-state index in [1.807, 2.05) is 16.8 Å². The fourth-order valence-electron chi connectivity index (χ4n) is 2.03. The van der Waals surface area contributed by atoms with Crippen molar-refractivity contribution in [1.82, 2.24) is 4.98 Å². The molecule has 122 valence electrons. The largest absolute Gasteiger partial charge is 0.321 e. The average Bonchev–Trinajstić information content (AvgIpc) is 3.18. The van der Waals surface area contributed by atoms with Gasteiger partial charge < -0.3 is 5.32 Å². The van der Waals surface area contributed by atoms with Gasteiger partial charge in [0.1, 0.15) is 9.88 Å². The summed E-state index contributed by atoms with van der Waals surface area (Å²) in [4.78, 5) is 27.1. The summed E-state index contributed by atoms with van der Waals surface area (Å²) in [7, 11) is 0. The number of thiazole rings is 1. The summed E-state index contributed by atoms with van der Waals surface area (Å²) in [6.45, 7) is 1.72. The molecule has 0 aliphatic heterocycles. The van der Waals surface area contributed by atoms with E-state index in [9.17, 15) is 19.3 Å². The average molecular weight is 363 g/mol. The molecule has 0 radical (unpaired) electrons. The maximum absolute atomic E-state index is 13.3. The number of thiophene rings is 1. The van der Waals surface area contributed by atoms with Gasteiger partial charge in [0.2, 0.25) is 5.82 Å². The van der Waals surface area contributed by atoms with Gasteiger partial charge in [0.25, 0.3) is 5.91 Å². The fourth-order valence-corrected chi connectivity index (χ4v) is 3.71. The molecule has 2 heterocycles. The molecule has 0 atom stereocenters. The van der Waals surface area contributed by atoms with E-state index in [0.717, 1.165) is 22.7 Å². The second kappa shape index (κ2) is 6.46. The number of nitrogens with zero attached hydrogens (tertiary/aromatic N) is 2. The Hall–Kier alpha value is -2.65. The van der Waals surface area contributed by atoms with E-state index in [0.29, 0.717) is 10.6 Å². The topological polar surface area (TPSA) is 85.1 Å². The third-order valence-corrected chi connectivity index (χ3v) is 5.06. The third kappa shape index (κ3) is 3.17. The Morgan fingerprint density at radius 2 is 2.17 bits per heavy atom. The first-order chi connectivity index (χ1) is 11.5. The van der Waals surface area contributed by atoms with Gasteiger partial charge in [0.05, 0.1) is 10.6 Å². The van der Waals surface area contributed by atoms with Crippen LogP contribution in [-0.4, -0.2) is 15.8 Å². The van der Waals surface area contributed by atoms with E-state index in [-0.39, 0.29) is 5.69 Å². The van der Waals surface area contributed by atoms with Crippen LogP contribution >= 0.6 is 22.7 Å². The predicted octanol–water partition coefficient (Wildman–Crippen LogP) is 4.48. The van der Waals surface area contributed by atoms with Gasteiger partial charge >= 0.3 is 5.69 Å². The molecule has 24 heavy (non-hydrogen) atoms. The summed E-state index contributed by atoms with van der Waals surface area (Å²) < 4.78 is 13.3. The van der Waals surface area contributed by atoms with Crippen LogP contribution in [0.1, 0.15) is 15.4 Å². The molecule has 0 aliphatic carbocycles. The zero-order chi connectivity index (χ0) is 17.3. The number of hydrogen-bond acceptors (Lipinski definition) is 6. The Morgan fingerprint density at radius 3 is 2.83 bits per heavy atom. The van der Waals surface area contributed by atoms with Crippen LogP contribution in [0.5, 0.6) is 0 Å². The first-order valence-electron chi connectivity index (χ1n) is 6.71. The highest BCUT2D eigenvalue weighted by atomic mass is 32.1. The molecule has 0 spiro atoms. The van der Waals surface area contributed by atoms with Crippen molar-refractivity contribution in [3.8, 4) is 10.6 Å². The fraction of sp³-hybridized carbons (Fsp3) is 0.0667. The molecule has 0 unspecified atom stereocenters. The molecule has 0 saturated carbocycles. The number of carbonyl (C=O) groups is 1. The van der Waals surface area contributed by atoms with Gasteiger partial charge in [-0.15, -0.1) is 11.3 Å². The minimum atomic E-state index is -0.952. The smallest absolute Gasteiger partial charge is 0.306 e. The number of anilines is 1. The van der Waals surface area contributed by atoms with Gasteiger partial charge in [-0.1, -0.05) is 0 Å². The zero-order valence-electron chi connectivity index (χ0n) is 12.3. The van der Waals surface area contributed by atoms with Crippen molar-refractivity contribution in [1.29, 1.82) is 0 Å². The number of halogens is 1. The highest BCUT2D eigenvalue weighted by molar-refractivity contribution is 7.17. The molecular formula is C15H10FN3O3S2. The molecule has 0 fully saturated rings. The van der Waals surface area contributed by atoms with Crippen LogP contribution in [0.15, 0.2) is 35.0 Å². The summed E-state index contributed by atoms with van der Waals surface area (Å²) in [5, 5.41) is 17.9. The molecule has 1 aromatic carbocycles. The van der Waals surface area contributed by atoms with Crippen LogP contribution in [0.4, 0.5) is 15.8 Å². The van der Waals surface area contributed by atoms with Gasteiger partial charge in [0.15, 0.2) is 0 Å². The molecule has 3 aromatic rings. The summed E-state index contributed by atoms with van der Waals surface area (Å²) in [5.74, 6) is -1.39. The van der Waals surface area contributed by atoms with Crippen molar-refractivity contribution < 1.29 is 14.1 Å². The molecule has 9 heteroatoms. The molecule has 1 amide bonds. The molecule has 3 rings (SSSR count). The Balaban J connectivity index is 1.86. The molecule has 0 aliphatic rings. The highest BCUT2D eigenvalue weighted by Crippen LogP contribution is 2.30. The maximum Gasteiger partial charge on any atom is 0.306 e. The summed E-state index contributed by atoms with van der Waals surface area (Å²) >= 11 is 2.77. The lowest BCUT2D eigenvalue weighted by Crippen LogP contribution is -2.11. The summed E-state index contributed by atoms with van der Waals surface area (Å²) in [5.41, 5.74) is 0.964. The van der Waals surface area contributed by atoms with Crippen LogP contribution in [0.2, 0.25) is 0 Å². The van der Waals surface area contributed by atoms with E-state index in [2.05, 4.69) is 10.3 Å². The molecule has 2 aromatic heterocycles. The van der Waals surface area contributed by atoms with Gasteiger partial charge in [-0.25, -0.2) is 4.98 Å². The minimum Gasteiger partial charge on any atom is -0.321 e. The third-order valence-electron chi connectivity index (χ3n) is 3.17. The second-order valence-electron chi connectivity index (χ2n) is 4.82. The number of rotatable bonds is 4. The highest BCUT2D eigenvalue weighted by Gasteiger charge is 2.19. The Morgan fingerprint density at radius 1 is 1.38 bits per heavy atom. The normalized spacial score (nSPS) is 10.6. The molecular weight excluding hydrogens is 353 g/mol. The number of benzene rings is 1. The van der Waals surface area contributed by atoms with Crippen LogP contribution in [0.25, 0.3) is 10.6 Å². The summed E-state index contributed by atoms with van der Waals surface area (Å²) in [6.07, 6.45) is 0. The lowest BCUT2D eigenvalue weighted by molar-refractivity contribution is -0.387. The second-order valence-corrected chi connectivity index (χ2v) is 6.60. The van der Waals surface area contributed by atoms with Crippen LogP contribution < -0.4 is 5.32 Å². The number of carbonyl (C=O) groups excluding carboxylic acids is 1. The standard InChI is InChI=1S/C15H10FN3O3S2/c1-8-13(24-15(17-8)9-4-5-23-7-9)14(20)18-10-2-3-11(16)12(6-10)19(21)22/h2-7H,1H3,(H,18,20). The van der Waals surface area contributed by atoms with Crippen LogP contribution in [0.3, 0.4) is 0 Å². The monoisotopic (exact) mass is 363 g/mol. The number of nitro groups is 1. The van der Waals surface area contributed by atoms with Crippen molar-refractivity contribution in [3.63, 3.8) is 0 Å². The first-order valence-corrected chi connectivity index (χ1v) is 8.47. The maximum atomic E-state index is 13.3. The van der Waals surface area contributed by atoms with Gasteiger partial charge in [0, 0.05) is 22.7 Å². The lowest BCUT2D eigenvalue weighted by atomic mass is 10.2. The molecule has 0 saturated heterocycles. The lowest BCUT2D eigenvalue weighted by Gasteiger charge is -2.04. The number of nitrogens with one attached hydrogen (secondary N) is 1. The van der Waals surface area contributed by atoms with Crippen molar-refractivity contribution in [2.24, 2.45) is 0 Å². The summed E-state index contributed by atoms with van der Waals surface area (Å²) in [6, 6.07) is 5.12. The SMILES string of the molecule is Cc1nc(-c2ccsc2)sc1C(=O)Nc1ccc(F)c([N+](=O)[O-])c1. The zero-order valence-corrected chi connectivity index (χ0v) is 13.9. The molecule has 6 nitrogen and oxygen atoms in total. The Kier molecular flexibility index (Phi) is 4.36. The van der Waals surface area contributed by atoms with Gasteiger partial charge in [-0.3, -0.25) is 14.9 Å². The van der Waals surface area contributed by atoms with Crippen molar-refractivity contribution in [2.75, 3.05) is 5.32 Å². The van der Waals surface area contributed by atoms with E-state index < -0.39 is 22.3 Å². The number of hydrogen-bond donors (Lipinski definition) is 1. The van der Waals surface area contributed by atoms with Crippen molar-refractivity contribution >= 4 is 40.0 Å². The predicted molar refractivity (Wildman–Crippen MR) is 91.2 cm³/mol. The Bertz CT molecular complexity index is 922. The number of aromatic nitrogens is 1. The molecule has 0 bridgehead atoms. The quantitative estimate of drug-likeness (QED) is 0.547. The van der Waals surface area contributed by atoms with Crippen LogP contribution in [0, 0.1) is 22.9 Å². The Labute approximate surface area is 143 Å². The number of nitro benzene ring substituents is 1. The number of aryl methyl sites for hydroxylation is 1. The van der Waals surface area contributed by atoms with Crippen molar-refractivity contribution in [2.45, 2.75) is 6.92 Å². The van der Waals surface area contributed by atoms with E-state index in [4.69, 9.17) is 0 Å². The molecule has 1 N–H and O–H groups in total. The van der Waals surface area contributed by atoms with E-state index >= 15 is 0 Å². The van der Waals surface area contributed by atoms with Crippen molar-refractivity contribution in [3.05, 3.63) is 61.5 Å². The minimum absolute atomic E-state index is 0.151. The van der Waals surface area contributed by atoms with Crippen LogP contribution in [-0.2, 0) is 0 Å². The van der Waals surface area contributed by atoms with Gasteiger partial charge in [-0.05, 0) is 30.5 Å². The number of amides is 1. The van der Waals surface area contributed by atoms with E-state index in [1.165, 1.54) is 28.7 Å². The first kappa shape index (κ1) is 16.2. The van der Waals surface area contributed by atoms with Gasteiger partial charge in [-0.2, -0.15) is 15.7 Å².